The maximum absolute atomic E-state index is 11.9. The lowest BCUT2D eigenvalue weighted by Gasteiger charge is -2.16. The van der Waals surface area contributed by atoms with Crippen LogP contribution in [0.1, 0.15) is 21.8 Å². The van der Waals surface area contributed by atoms with Gasteiger partial charge in [0.15, 0.2) is 0 Å². The summed E-state index contributed by atoms with van der Waals surface area (Å²) < 4.78 is 0. The molecule has 1 aromatic carbocycles. The Balaban J connectivity index is 2.12. The number of carbonyl (C=O) groups excluding carboxylic acids is 1. The molecule has 16 heavy (non-hydrogen) atoms. The van der Waals surface area contributed by atoms with Crippen molar-refractivity contribution in [1.82, 2.24) is 10.6 Å². The Morgan fingerprint density at radius 2 is 2.12 bits per heavy atom. The van der Waals surface area contributed by atoms with E-state index in [4.69, 9.17) is 5.73 Å². The Labute approximate surface area is 94.2 Å². The van der Waals surface area contributed by atoms with E-state index in [1.165, 1.54) is 0 Å². The first-order valence-corrected chi connectivity index (χ1v) is 5.64. The highest BCUT2D eigenvalue weighted by atomic mass is 16.1. The van der Waals surface area contributed by atoms with Crippen LogP contribution in [0.5, 0.6) is 0 Å². The van der Waals surface area contributed by atoms with Crippen molar-refractivity contribution in [2.75, 3.05) is 25.4 Å². The van der Waals surface area contributed by atoms with Gasteiger partial charge in [-0.3, -0.25) is 4.79 Å². The lowest BCUT2D eigenvalue weighted by atomic mass is 9.87. The second-order valence-electron chi connectivity index (χ2n) is 4.58. The van der Waals surface area contributed by atoms with Crippen molar-refractivity contribution in [3.05, 3.63) is 29.3 Å². The van der Waals surface area contributed by atoms with Gasteiger partial charge in [0.05, 0.1) is 0 Å². The topological polar surface area (TPSA) is 67.2 Å². The minimum atomic E-state index is 0.0108. The summed E-state index contributed by atoms with van der Waals surface area (Å²) >= 11 is 0. The van der Waals surface area contributed by atoms with Gasteiger partial charge in [-0.05, 0) is 23.6 Å². The molecule has 2 heterocycles. The van der Waals surface area contributed by atoms with Crippen molar-refractivity contribution in [1.29, 1.82) is 0 Å². The SMILES string of the molecule is Nc1ccc2c(c1)C(=O)NC[C@H]1CNC[C@@H]21. The zero-order valence-corrected chi connectivity index (χ0v) is 8.99. The summed E-state index contributed by atoms with van der Waals surface area (Å²) in [5, 5.41) is 6.34. The highest BCUT2D eigenvalue weighted by Crippen LogP contribution is 2.33. The third-order valence-electron chi connectivity index (χ3n) is 3.59. The lowest BCUT2D eigenvalue weighted by molar-refractivity contribution is 0.0952. The molecule has 1 amide bonds. The maximum atomic E-state index is 11.9. The molecule has 2 atom stereocenters. The average molecular weight is 217 g/mol. The number of hydrogen-bond acceptors (Lipinski definition) is 3. The van der Waals surface area contributed by atoms with Crippen LogP contribution in [0.4, 0.5) is 5.69 Å². The monoisotopic (exact) mass is 217 g/mol. The number of benzene rings is 1. The Kier molecular flexibility index (Phi) is 2.11. The van der Waals surface area contributed by atoms with E-state index in [1.54, 1.807) is 6.07 Å². The van der Waals surface area contributed by atoms with Gasteiger partial charge in [0.1, 0.15) is 0 Å². The first-order valence-electron chi connectivity index (χ1n) is 5.64. The minimum absolute atomic E-state index is 0.0108. The molecule has 4 N–H and O–H groups in total. The van der Waals surface area contributed by atoms with E-state index >= 15 is 0 Å². The van der Waals surface area contributed by atoms with Crippen LogP contribution >= 0.6 is 0 Å². The van der Waals surface area contributed by atoms with Crippen LogP contribution in [-0.2, 0) is 0 Å². The molecule has 0 spiro atoms. The van der Waals surface area contributed by atoms with Gasteiger partial charge < -0.3 is 16.4 Å². The summed E-state index contributed by atoms with van der Waals surface area (Å²) in [7, 11) is 0. The number of nitrogens with one attached hydrogen (secondary N) is 2. The molecule has 0 aliphatic carbocycles. The first kappa shape index (κ1) is 9.66. The minimum Gasteiger partial charge on any atom is -0.399 e. The third-order valence-corrected chi connectivity index (χ3v) is 3.59. The van der Waals surface area contributed by atoms with Gasteiger partial charge in [-0.25, -0.2) is 0 Å². The maximum Gasteiger partial charge on any atom is 0.251 e. The van der Waals surface area contributed by atoms with E-state index in [0.717, 1.165) is 30.8 Å². The predicted molar refractivity (Wildman–Crippen MR) is 62.3 cm³/mol. The fraction of sp³-hybridized carbons (Fsp3) is 0.417. The van der Waals surface area contributed by atoms with E-state index in [2.05, 4.69) is 10.6 Å². The second-order valence-corrected chi connectivity index (χ2v) is 4.58. The Hall–Kier alpha value is -1.55. The van der Waals surface area contributed by atoms with Crippen LogP contribution in [0.2, 0.25) is 0 Å². The number of amides is 1. The summed E-state index contributed by atoms with van der Waals surface area (Å²) in [5.41, 5.74) is 8.27. The molecule has 1 fully saturated rings. The van der Waals surface area contributed by atoms with Gasteiger partial charge in [-0.1, -0.05) is 6.07 Å². The number of hydrogen-bond donors (Lipinski definition) is 3. The van der Waals surface area contributed by atoms with Crippen LogP contribution in [0.15, 0.2) is 18.2 Å². The fourth-order valence-corrected chi connectivity index (χ4v) is 2.72. The Morgan fingerprint density at radius 1 is 1.25 bits per heavy atom. The quantitative estimate of drug-likeness (QED) is 0.548. The zero-order chi connectivity index (χ0) is 11.1. The van der Waals surface area contributed by atoms with E-state index in [0.29, 0.717) is 17.5 Å². The average Bonchev–Trinajstić information content (AvgIpc) is 2.69. The highest BCUT2D eigenvalue weighted by Gasteiger charge is 2.33. The van der Waals surface area contributed by atoms with Crippen LogP contribution in [0, 0.1) is 5.92 Å². The molecule has 1 aromatic rings. The summed E-state index contributed by atoms with van der Waals surface area (Å²) in [6.45, 7) is 2.69. The van der Waals surface area contributed by atoms with Gasteiger partial charge in [0, 0.05) is 36.8 Å². The smallest absolute Gasteiger partial charge is 0.251 e. The first-order chi connectivity index (χ1) is 7.75. The van der Waals surface area contributed by atoms with E-state index in [9.17, 15) is 4.79 Å². The number of fused-ring (bicyclic) bond motifs is 3. The van der Waals surface area contributed by atoms with E-state index in [-0.39, 0.29) is 5.91 Å². The molecule has 3 rings (SSSR count). The molecule has 4 nitrogen and oxygen atoms in total. The van der Waals surface area contributed by atoms with Gasteiger partial charge in [-0.15, -0.1) is 0 Å². The third kappa shape index (κ3) is 1.38. The molecule has 2 aliphatic heterocycles. The number of nitrogen functional groups attached to an aromatic ring is 1. The van der Waals surface area contributed by atoms with E-state index < -0.39 is 0 Å². The fourth-order valence-electron chi connectivity index (χ4n) is 2.72. The van der Waals surface area contributed by atoms with Crippen LogP contribution in [-0.4, -0.2) is 25.5 Å². The van der Waals surface area contributed by atoms with Crippen molar-refractivity contribution in [2.45, 2.75) is 5.92 Å². The molecular formula is C12H15N3O. The van der Waals surface area contributed by atoms with Crippen molar-refractivity contribution in [2.24, 2.45) is 5.92 Å². The molecule has 0 bridgehead atoms. The molecule has 4 heteroatoms. The molecular weight excluding hydrogens is 202 g/mol. The molecule has 84 valence electrons. The normalized spacial score (nSPS) is 27.9. The molecule has 0 unspecified atom stereocenters. The predicted octanol–water partition coefficient (Wildman–Crippen LogP) is 0.315. The van der Waals surface area contributed by atoms with Crippen LogP contribution < -0.4 is 16.4 Å². The van der Waals surface area contributed by atoms with Crippen LogP contribution in [0.25, 0.3) is 0 Å². The number of rotatable bonds is 0. The van der Waals surface area contributed by atoms with Crippen molar-refractivity contribution < 1.29 is 4.79 Å². The van der Waals surface area contributed by atoms with Crippen molar-refractivity contribution in [3.8, 4) is 0 Å². The number of anilines is 1. The van der Waals surface area contributed by atoms with Crippen molar-refractivity contribution >= 4 is 11.6 Å². The van der Waals surface area contributed by atoms with Crippen LogP contribution in [0.3, 0.4) is 0 Å². The summed E-state index contributed by atoms with van der Waals surface area (Å²) in [5.74, 6) is 0.958. The Morgan fingerprint density at radius 3 is 3.00 bits per heavy atom. The van der Waals surface area contributed by atoms with Crippen molar-refractivity contribution in [3.63, 3.8) is 0 Å². The van der Waals surface area contributed by atoms with Gasteiger partial charge in [0.2, 0.25) is 0 Å². The van der Waals surface area contributed by atoms with Gasteiger partial charge in [-0.2, -0.15) is 0 Å². The molecule has 0 aromatic heterocycles. The number of carbonyl (C=O) groups is 1. The molecule has 2 aliphatic rings. The zero-order valence-electron chi connectivity index (χ0n) is 8.99. The molecule has 0 radical (unpaired) electrons. The molecule has 1 saturated heterocycles. The van der Waals surface area contributed by atoms with Gasteiger partial charge in [0.25, 0.3) is 5.91 Å². The summed E-state index contributed by atoms with van der Waals surface area (Å²) in [6, 6.07) is 5.67. The number of nitrogens with two attached hydrogens (primary N) is 1. The summed E-state index contributed by atoms with van der Waals surface area (Å²) in [4.78, 5) is 11.9. The molecule has 0 saturated carbocycles. The Bertz CT molecular complexity index is 444. The highest BCUT2D eigenvalue weighted by molar-refractivity contribution is 5.97. The largest absolute Gasteiger partial charge is 0.399 e. The summed E-state index contributed by atoms with van der Waals surface area (Å²) in [6.07, 6.45) is 0. The standard InChI is InChI=1S/C12H15N3O/c13-8-1-2-9-10(3-8)12(16)15-5-7-4-14-6-11(7)9/h1-3,7,11,14H,4-6,13H2,(H,15,16)/t7-,11-/m1/s1. The lowest BCUT2D eigenvalue weighted by Crippen LogP contribution is -2.28. The second kappa shape index (κ2) is 3.49. The van der Waals surface area contributed by atoms with Gasteiger partial charge >= 0.3 is 0 Å². The van der Waals surface area contributed by atoms with E-state index in [1.807, 2.05) is 12.1 Å².